The lowest BCUT2D eigenvalue weighted by Gasteiger charge is -2.29. The van der Waals surface area contributed by atoms with Gasteiger partial charge < -0.3 is 53.4 Å². The molecule has 12 N–H and O–H groups in total. The maximum Gasteiger partial charge on any atom is 0.277 e. The number of nitrogens with zero attached hydrogens (tertiary/aromatic N) is 12. The smallest absolute Gasteiger partial charge is 0.277 e. The molecule has 122 heavy (non-hydrogen) atoms. The number of carbonyl (C=O) groups is 4. The van der Waals surface area contributed by atoms with Crippen LogP contribution in [0.3, 0.4) is 0 Å². The third kappa shape index (κ3) is 19.0. The summed E-state index contributed by atoms with van der Waals surface area (Å²) in [6.07, 6.45) is 5.72. The molecular weight excluding hydrogens is 1680 g/mol. The number of ether oxygens (including phenoxy) is 1. The number of aliphatic imine (C=N–C) groups is 4. The van der Waals surface area contributed by atoms with Gasteiger partial charge in [0.25, 0.3) is 17.7 Å². The molecule has 3 aromatic heterocycles. The summed E-state index contributed by atoms with van der Waals surface area (Å²) in [5.74, 6) is -3.67. The number of aryl methyl sites for hydroxylation is 3. The van der Waals surface area contributed by atoms with Crippen LogP contribution in [0.4, 0.5) is 44.7 Å². The summed E-state index contributed by atoms with van der Waals surface area (Å²) in [5.41, 5.74) is 21.6. The molecule has 0 unspecified atom stereocenters. The maximum absolute atomic E-state index is 14.9. The molecule has 7 heterocycles. The molecule has 4 aliphatic heterocycles. The van der Waals surface area contributed by atoms with Crippen molar-refractivity contribution >= 4 is 110 Å². The highest BCUT2D eigenvalue weighted by Crippen LogP contribution is 2.43. The van der Waals surface area contributed by atoms with Gasteiger partial charge in [-0.05, 0) is 195 Å². The van der Waals surface area contributed by atoms with Crippen molar-refractivity contribution in [3.05, 3.63) is 183 Å². The Morgan fingerprint density at radius 2 is 0.754 bits per heavy atom. The minimum atomic E-state index is -3.85. The van der Waals surface area contributed by atoms with Crippen molar-refractivity contribution < 1.29 is 84.0 Å². The van der Waals surface area contributed by atoms with Crippen molar-refractivity contribution in [3.8, 4) is 5.75 Å². The summed E-state index contributed by atoms with van der Waals surface area (Å²) in [6.45, 7) is 21.5. The van der Waals surface area contributed by atoms with E-state index in [2.05, 4.69) is 65.9 Å². The topological polar surface area (TPSA) is 493 Å². The van der Waals surface area contributed by atoms with Gasteiger partial charge in [0.2, 0.25) is 52.9 Å². The van der Waals surface area contributed by atoms with Crippen LogP contribution in [0.5, 0.6) is 5.75 Å². The summed E-state index contributed by atoms with van der Waals surface area (Å²) in [7, 11) is -9.62. The number of anilines is 4. The van der Waals surface area contributed by atoms with Crippen molar-refractivity contribution in [2.24, 2.45) is 48.8 Å². The number of rotatable bonds is 14. The normalized spacial score (nSPS) is 23.8. The number of amides is 4. The minimum absolute atomic E-state index is 0.0118. The zero-order chi connectivity index (χ0) is 91.3. The van der Waals surface area contributed by atoms with Crippen LogP contribution in [-0.2, 0) is 67.0 Å². The summed E-state index contributed by atoms with van der Waals surface area (Å²) >= 11 is 0. The fourth-order valence-electron chi connectivity index (χ4n) is 13.6. The van der Waals surface area contributed by atoms with E-state index in [0.29, 0.717) is 34.4 Å². The number of hydrogen-bond donors (Lipinski definition) is 8. The molecule has 1 fully saturated rings. The molecule has 0 bridgehead atoms. The van der Waals surface area contributed by atoms with Crippen molar-refractivity contribution in [1.82, 2.24) is 37.2 Å². The molecule has 0 saturated heterocycles. The number of benzene rings is 4. The molecule has 0 radical (unpaired) electrons. The number of amidine groups is 4. The monoisotopic (exact) mass is 1780 g/mol. The first-order valence-corrected chi connectivity index (χ1v) is 43.5. The van der Waals surface area contributed by atoms with Gasteiger partial charge in [-0.1, -0.05) is 0 Å². The van der Waals surface area contributed by atoms with E-state index in [0.717, 1.165) is 36.1 Å². The SMILES string of the molecule is CN1C[C@@](C)(c2cc(NC(=O)C3CC3)ccc2F)N=C(N)C(C)(C)S1(=O)=O.CN1C[C@@](C)(c2cc(NC(=O)c3ccc(OCF)cn3)ccc2F)N=C(N)C(C)(C)S1(=O)=O.Cc1cnc(C(=O)Nc2ccc(F)c([C@]3(C)CN(C)S(=O)(=O)C(C)(C)C(N)=N3)c2)cn1.Cc1nc(C(=O)Nc2ccc(F)c([C@]3(C)CN(C)S(=O)(=O)C(C)(C)C(N)=N3)c2)c(C)o1. The van der Waals surface area contributed by atoms with E-state index in [1.165, 1.54) is 181 Å². The van der Waals surface area contributed by atoms with Crippen LogP contribution in [-0.4, -0.2) is 198 Å². The molecule has 5 aliphatic rings. The molecule has 1 aliphatic carbocycles. The average Bonchev–Trinajstić information content (AvgIpc) is 1.62. The molecule has 660 valence electrons. The van der Waals surface area contributed by atoms with Gasteiger partial charge in [0.1, 0.15) is 111 Å². The highest BCUT2D eigenvalue weighted by molar-refractivity contribution is 7.92. The summed E-state index contributed by atoms with van der Waals surface area (Å²) < 4.78 is 183. The summed E-state index contributed by atoms with van der Waals surface area (Å²) in [6, 6.07) is 18.9. The van der Waals surface area contributed by atoms with Crippen molar-refractivity contribution in [2.75, 3.05) is 82.5 Å². The van der Waals surface area contributed by atoms with E-state index in [1.54, 1.807) is 48.5 Å². The standard InChI is InChI=1S/C21H25F2N5O4S.C20H25FN6O3S.C20H26FN5O4S.C18H25FN4O3S/c1-20(2)19(24)27-21(3,11-28(4)33(20,30)31)15-9-13(5-7-16(15)23)26-18(29)17-8-6-14(10-25-17)32-12-22;1-12-9-24-16(10-23-12)17(28)25-13-6-7-15(21)14(8-13)20(4)11-27(5)31(29,30)19(2,3)18(22)26-20;1-11-16(23-12(2)30-11)17(27)24-13-7-8-15(21)14(9-13)20(5)10-26(6)31(28,29)19(3,4)18(22)25-20;1-17(2)16(20)22-18(3,10-23(4)27(17,25)26)13-9-12(7-8-14(13)19)21-15(24)11-5-6-11/h5-10H,11-12H2,1-4H3,(H2,24,27)(H,26,29);6-10H,11H2,1-5H3,(H2,22,26)(H,25,28);7-9H,10H2,1-6H3,(H2,22,25)(H,24,27);7-9,11H,5-6,10H2,1-4H3,(H2,20,22)(H,21,24)/t21-;2*20-;18-/m0000/s1. The Labute approximate surface area is 705 Å². The van der Waals surface area contributed by atoms with E-state index in [1.807, 2.05) is 0 Å². The number of hydrogen-bond acceptors (Lipinski definition) is 26. The molecule has 1 saturated carbocycles. The fourth-order valence-corrected chi connectivity index (χ4v) is 19.7. The second kappa shape index (κ2) is 34.5. The van der Waals surface area contributed by atoms with E-state index >= 15 is 0 Å². The third-order valence-corrected chi connectivity index (χ3v) is 31.6. The minimum Gasteiger partial charge on any atom is -0.461 e. The first kappa shape index (κ1) is 95.0. The lowest BCUT2D eigenvalue weighted by molar-refractivity contribution is -0.117. The molecule has 0 spiro atoms. The Morgan fingerprint density at radius 1 is 0.443 bits per heavy atom. The third-order valence-electron chi connectivity index (χ3n) is 21.8. The summed E-state index contributed by atoms with van der Waals surface area (Å²) in [4.78, 5) is 83.3. The number of halogens is 5. The molecule has 4 amide bonds. The second-order valence-corrected chi connectivity index (χ2v) is 43.3. The van der Waals surface area contributed by atoms with Crippen molar-refractivity contribution in [1.29, 1.82) is 0 Å². The predicted molar refractivity (Wildman–Crippen MR) is 453 cm³/mol. The van der Waals surface area contributed by atoms with E-state index in [-0.39, 0.29) is 112 Å². The number of likely N-dealkylation sites (N-methyl/N-ethyl adjacent to an activating group) is 4. The number of alkyl halides is 1. The summed E-state index contributed by atoms with van der Waals surface area (Å²) in [5, 5.41) is 10.7. The Kier molecular flexibility index (Phi) is 26.8. The quantitative estimate of drug-likeness (QED) is 0.0474. The molecular formula is C79H101F5N20O14S4. The van der Waals surface area contributed by atoms with Crippen LogP contribution < -0.4 is 48.9 Å². The largest absolute Gasteiger partial charge is 0.461 e. The van der Waals surface area contributed by atoms with Crippen LogP contribution in [0.25, 0.3) is 0 Å². The Bertz CT molecular complexity index is 5900. The molecule has 43 heteroatoms. The average molecular weight is 1780 g/mol. The van der Waals surface area contributed by atoms with Gasteiger partial charge in [-0.25, -0.2) is 87.8 Å². The van der Waals surface area contributed by atoms with Gasteiger partial charge in [0.15, 0.2) is 11.6 Å². The van der Waals surface area contributed by atoms with Crippen molar-refractivity contribution in [3.63, 3.8) is 0 Å². The Balaban J connectivity index is 0.000000185. The van der Waals surface area contributed by atoms with Gasteiger partial charge in [-0.2, -0.15) is 0 Å². The maximum atomic E-state index is 14.9. The van der Waals surface area contributed by atoms with Gasteiger partial charge in [-0.15, -0.1) is 0 Å². The molecule has 7 aromatic rings. The Hall–Kier alpha value is -10.8. The van der Waals surface area contributed by atoms with Gasteiger partial charge in [-0.3, -0.25) is 44.1 Å². The zero-order valence-corrected chi connectivity index (χ0v) is 74.0. The van der Waals surface area contributed by atoms with Crippen LogP contribution in [0.1, 0.15) is 167 Å². The van der Waals surface area contributed by atoms with E-state index in [4.69, 9.17) is 27.4 Å². The van der Waals surface area contributed by atoms with Crippen molar-refractivity contribution in [2.45, 2.75) is 158 Å². The molecule has 4 aromatic carbocycles. The van der Waals surface area contributed by atoms with E-state index < -0.39 is 129 Å². The number of aromatic nitrogens is 4. The number of sulfonamides is 4. The van der Waals surface area contributed by atoms with Crippen LogP contribution in [0.2, 0.25) is 0 Å². The first-order valence-electron chi connectivity index (χ1n) is 37.8. The predicted octanol–water partition coefficient (Wildman–Crippen LogP) is 8.32. The highest BCUT2D eigenvalue weighted by atomic mass is 32.2. The number of nitrogens with one attached hydrogen (secondary N) is 4. The fraction of sp³-hybridized carbons (Fsp3) is 0.443. The first-order chi connectivity index (χ1) is 56.2. The van der Waals surface area contributed by atoms with Gasteiger partial charge in [0.05, 0.1) is 18.1 Å². The number of nitrogens with two attached hydrogens (primary N) is 4. The molecule has 34 nitrogen and oxygen atoms in total. The van der Waals surface area contributed by atoms with Gasteiger partial charge in [0, 0.05) is 118 Å². The Morgan fingerprint density at radius 3 is 1.03 bits per heavy atom. The number of carbonyl (C=O) groups excluding carboxylic acids is 4. The van der Waals surface area contributed by atoms with Crippen LogP contribution in [0, 0.1) is 50.0 Å². The van der Waals surface area contributed by atoms with Crippen LogP contribution in [0.15, 0.2) is 128 Å². The van der Waals surface area contributed by atoms with Crippen LogP contribution >= 0.6 is 0 Å². The number of pyridine rings is 1. The zero-order valence-electron chi connectivity index (χ0n) is 70.8. The number of oxazole rings is 1. The molecule has 4 atom stereocenters. The lowest BCUT2D eigenvalue weighted by atomic mass is 9.91. The lowest BCUT2D eigenvalue weighted by Crippen LogP contribution is -2.50. The highest BCUT2D eigenvalue weighted by Gasteiger charge is 2.53. The van der Waals surface area contributed by atoms with E-state index in [9.17, 15) is 74.8 Å². The molecule has 12 rings (SSSR count). The second-order valence-electron chi connectivity index (χ2n) is 32.9. The van der Waals surface area contributed by atoms with Gasteiger partial charge >= 0.3 is 0 Å².